The van der Waals surface area contributed by atoms with Gasteiger partial charge in [0.25, 0.3) is 6.01 Å². The van der Waals surface area contributed by atoms with Gasteiger partial charge in [0.05, 0.1) is 0 Å². The highest BCUT2D eigenvalue weighted by Gasteiger charge is 2.09. The van der Waals surface area contributed by atoms with Crippen molar-refractivity contribution in [3.05, 3.63) is 60.4 Å². The summed E-state index contributed by atoms with van der Waals surface area (Å²) in [7, 11) is 0. The number of nitrogens with zero attached hydrogens (tertiary/aromatic N) is 1. The number of nitrogen functional groups attached to an aromatic ring is 1. The maximum atomic E-state index is 13.2. The Bertz CT molecular complexity index is 786. The van der Waals surface area contributed by atoms with Crippen LogP contribution in [0.5, 0.6) is 0 Å². The van der Waals surface area contributed by atoms with Crippen molar-refractivity contribution in [2.24, 2.45) is 0 Å². The van der Waals surface area contributed by atoms with E-state index >= 15 is 0 Å². The molecule has 1 heterocycles. The minimum atomic E-state index is -0.930. The highest BCUT2D eigenvalue weighted by atomic mass is 19.2. The first-order valence-electron chi connectivity index (χ1n) is 6.15. The van der Waals surface area contributed by atoms with Crippen molar-refractivity contribution < 1.29 is 13.2 Å². The molecule has 0 aliphatic heterocycles. The summed E-state index contributed by atoms with van der Waals surface area (Å²) in [4.78, 5) is 4.17. The van der Waals surface area contributed by atoms with Gasteiger partial charge in [0.2, 0.25) is 0 Å². The summed E-state index contributed by atoms with van der Waals surface area (Å²) >= 11 is 0. The Hall–Kier alpha value is -2.89. The smallest absolute Gasteiger partial charge is 0.299 e. The Morgan fingerprint density at radius 3 is 2.67 bits per heavy atom. The minimum absolute atomic E-state index is 0.236. The van der Waals surface area contributed by atoms with Crippen LogP contribution in [0.3, 0.4) is 0 Å². The lowest BCUT2D eigenvalue weighted by atomic mass is 10.1. The van der Waals surface area contributed by atoms with Crippen molar-refractivity contribution in [3.8, 4) is 11.3 Å². The van der Waals surface area contributed by atoms with Crippen LogP contribution in [0.1, 0.15) is 0 Å². The van der Waals surface area contributed by atoms with Crippen LogP contribution in [-0.4, -0.2) is 4.98 Å². The van der Waals surface area contributed by atoms with E-state index in [4.69, 9.17) is 10.2 Å². The molecule has 0 aliphatic carbocycles. The molecule has 0 fully saturated rings. The summed E-state index contributed by atoms with van der Waals surface area (Å²) in [5.74, 6) is -1.83. The molecule has 0 atom stereocenters. The normalized spacial score (nSPS) is 10.6. The molecule has 0 saturated carbocycles. The van der Waals surface area contributed by atoms with Crippen LogP contribution in [0.25, 0.3) is 11.3 Å². The first-order chi connectivity index (χ1) is 10.1. The zero-order valence-corrected chi connectivity index (χ0v) is 10.8. The number of hydrogen-bond acceptors (Lipinski definition) is 4. The van der Waals surface area contributed by atoms with Crippen molar-refractivity contribution >= 4 is 17.4 Å². The monoisotopic (exact) mass is 287 g/mol. The highest BCUT2D eigenvalue weighted by molar-refractivity contribution is 5.63. The third-order valence-corrected chi connectivity index (χ3v) is 2.86. The van der Waals surface area contributed by atoms with Gasteiger partial charge in [0.1, 0.15) is 12.0 Å². The van der Waals surface area contributed by atoms with Crippen LogP contribution in [-0.2, 0) is 0 Å². The number of oxazole rings is 1. The standard InChI is InChI=1S/C15H11F2N3O/c16-12-5-4-9(6-13(12)17)14-8-21-15(20-14)19-11-3-1-2-10(18)7-11/h1-8H,18H2,(H,19,20). The second-order valence-corrected chi connectivity index (χ2v) is 4.42. The fourth-order valence-corrected chi connectivity index (χ4v) is 1.86. The molecule has 1 aromatic heterocycles. The van der Waals surface area contributed by atoms with Gasteiger partial charge >= 0.3 is 0 Å². The van der Waals surface area contributed by atoms with Crippen LogP contribution >= 0.6 is 0 Å². The van der Waals surface area contributed by atoms with Crippen molar-refractivity contribution in [1.29, 1.82) is 0 Å². The third kappa shape index (κ3) is 2.84. The molecule has 4 nitrogen and oxygen atoms in total. The molecule has 0 radical (unpaired) electrons. The summed E-state index contributed by atoms with van der Waals surface area (Å²) in [5, 5.41) is 2.94. The molecular formula is C15H11F2N3O. The van der Waals surface area contributed by atoms with Crippen LogP contribution in [0.2, 0.25) is 0 Å². The predicted octanol–water partition coefficient (Wildman–Crippen LogP) is 3.95. The number of hydrogen-bond donors (Lipinski definition) is 2. The van der Waals surface area contributed by atoms with Crippen LogP contribution in [0.15, 0.2) is 53.1 Å². The lowest BCUT2D eigenvalue weighted by Crippen LogP contribution is -1.92. The van der Waals surface area contributed by atoms with E-state index in [-0.39, 0.29) is 6.01 Å². The molecule has 3 aromatic rings. The van der Waals surface area contributed by atoms with Gasteiger partial charge in [-0.15, -0.1) is 0 Å². The number of rotatable bonds is 3. The van der Waals surface area contributed by atoms with Gasteiger partial charge in [0, 0.05) is 16.9 Å². The van der Waals surface area contributed by atoms with Gasteiger partial charge in [-0.1, -0.05) is 6.07 Å². The zero-order valence-electron chi connectivity index (χ0n) is 10.8. The second-order valence-electron chi connectivity index (χ2n) is 4.42. The molecule has 3 rings (SSSR count). The predicted molar refractivity (Wildman–Crippen MR) is 76.0 cm³/mol. The maximum absolute atomic E-state index is 13.2. The van der Waals surface area contributed by atoms with E-state index in [0.717, 1.165) is 12.1 Å². The molecule has 106 valence electrons. The van der Waals surface area contributed by atoms with E-state index in [9.17, 15) is 8.78 Å². The molecule has 0 saturated heterocycles. The van der Waals surface area contributed by atoms with Gasteiger partial charge in [-0.25, -0.2) is 8.78 Å². The van der Waals surface area contributed by atoms with Crippen LogP contribution in [0, 0.1) is 11.6 Å². The lowest BCUT2D eigenvalue weighted by Gasteiger charge is -2.01. The first-order valence-corrected chi connectivity index (χ1v) is 6.15. The van der Waals surface area contributed by atoms with Gasteiger partial charge in [0.15, 0.2) is 11.6 Å². The average Bonchev–Trinajstić information content (AvgIpc) is 2.90. The molecule has 0 amide bonds. The first kappa shape index (κ1) is 13.1. The largest absolute Gasteiger partial charge is 0.431 e. The Kier molecular flexibility index (Phi) is 3.27. The molecule has 2 aromatic carbocycles. The number of aromatic nitrogens is 1. The summed E-state index contributed by atoms with van der Waals surface area (Å²) < 4.78 is 31.4. The SMILES string of the molecule is Nc1cccc(Nc2nc(-c3ccc(F)c(F)c3)co2)c1. The number of nitrogens with one attached hydrogen (secondary N) is 1. The summed E-state index contributed by atoms with van der Waals surface area (Å²) in [5.41, 5.74) is 7.82. The molecule has 0 bridgehead atoms. The van der Waals surface area contributed by atoms with E-state index in [1.54, 1.807) is 24.3 Å². The van der Waals surface area contributed by atoms with Crippen molar-refractivity contribution in [1.82, 2.24) is 4.98 Å². The van der Waals surface area contributed by atoms with Crippen molar-refractivity contribution in [2.75, 3.05) is 11.1 Å². The molecule has 21 heavy (non-hydrogen) atoms. The van der Waals surface area contributed by atoms with E-state index < -0.39 is 11.6 Å². The molecular weight excluding hydrogens is 276 g/mol. The summed E-state index contributed by atoms with van der Waals surface area (Å²) in [6.45, 7) is 0. The third-order valence-electron chi connectivity index (χ3n) is 2.86. The summed E-state index contributed by atoms with van der Waals surface area (Å²) in [6.07, 6.45) is 1.36. The summed E-state index contributed by atoms with van der Waals surface area (Å²) in [6, 6.07) is 10.9. The molecule has 0 unspecified atom stereocenters. The fourth-order valence-electron chi connectivity index (χ4n) is 1.86. The average molecular weight is 287 g/mol. The Labute approximate surface area is 119 Å². The van der Waals surface area contributed by atoms with Gasteiger partial charge in [-0.3, -0.25) is 0 Å². The fraction of sp³-hybridized carbons (Fsp3) is 0. The van der Waals surface area contributed by atoms with Gasteiger partial charge in [-0.2, -0.15) is 4.98 Å². The van der Waals surface area contributed by atoms with E-state index in [1.807, 2.05) is 0 Å². The maximum Gasteiger partial charge on any atom is 0.299 e. The Morgan fingerprint density at radius 2 is 1.90 bits per heavy atom. The highest BCUT2D eigenvalue weighted by Crippen LogP contribution is 2.24. The van der Waals surface area contributed by atoms with Gasteiger partial charge < -0.3 is 15.5 Å². The molecule has 6 heteroatoms. The zero-order chi connectivity index (χ0) is 14.8. The number of nitrogens with two attached hydrogens (primary N) is 1. The van der Waals surface area contributed by atoms with E-state index in [2.05, 4.69) is 10.3 Å². The van der Waals surface area contributed by atoms with E-state index in [0.29, 0.717) is 22.6 Å². The van der Waals surface area contributed by atoms with E-state index in [1.165, 1.54) is 12.3 Å². The Morgan fingerprint density at radius 1 is 1.05 bits per heavy atom. The second kappa shape index (κ2) is 5.24. The number of halogens is 2. The van der Waals surface area contributed by atoms with Crippen molar-refractivity contribution in [3.63, 3.8) is 0 Å². The molecule has 3 N–H and O–H groups in total. The topological polar surface area (TPSA) is 64.1 Å². The number of anilines is 3. The Balaban J connectivity index is 1.84. The number of benzene rings is 2. The molecule has 0 spiro atoms. The van der Waals surface area contributed by atoms with Crippen LogP contribution < -0.4 is 11.1 Å². The van der Waals surface area contributed by atoms with Crippen LogP contribution in [0.4, 0.5) is 26.2 Å². The van der Waals surface area contributed by atoms with Gasteiger partial charge in [-0.05, 0) is 36.4 Å². The molecule has 0 aliphatic rings. The quantitative estimate of drug-likeness (QED) is 0.716. The minimum Gasteiger partial charge on any atom is -0.431 e. The lowest BCUT2D eigenvalue weighted by molar-refractivity contribution is 0.509. The van der Waals surface area contributed by atoms with Crippen molar-refractivity contribution in [2.45, 2.75) is 0 Å².